The van der Waals surface area contributed by atoms with Crippen LogP contribution in [0.4, 0.5) is 5.69 Å². The molecule has 0 saturated heterocycles. The third-order valence-corrected chi connectivity index (χ3v) is 4.55. The van der Waals surface area contributed by atoms with Gasteiger partial charge in [-0.3, -0.25) is 0 Å². The highest BCUT2D eigenvalue weighted by atomic mass is 35.5. The summed E-state index contributed by atoms with van der Waals surface area (Å²) in [5.41, 5.74) is 7.16. The Bertz CT molecular complexity index is 645. The van der Waals surface area contributed by atoms with Gasteiger partial charge in [0.1, 0.15) is 0 Å². The molecule has 2 rings (SSSR count). The Morgan fingerprint density at radius 3 is 2.57 bits per heavy atom. The van der Waals surface area contributed by atoms with Crippen molar-refractivity contribution in [1.82, 2.24) is 20.2 Å². The molecular weight excluding hydrogens is 309 g/mol. The maximum atomic E-state index is 6.26. The second-order valence-corrected chi connectivity index (χ2v) is 7.10. The van der Waals surface area contributed by atoms with Crippen molar-refractivity contribution in [2.75, 3.05) is 5.73 Å². The molecule has 0 fully saturated rings. The monoisotopic (exact) mass is 327 g/mol. The van der Waals surface area contributed by atoms with Gasteiger partial charge in [0.05, 0.1) is 10.0 Å². The average molecular weight is 328 g/mol. The van der Waals surface area contributed by atoms with Crippen molar-refractivity contribution in [3.8, 4) is 11.4 Å². The molecule has 0 amide bonds. The maximum Gasteiger partial charge on any atom is 0.183 e. The normalized spacial score (nSPS) is 13.4. The Balaban J connectivity index is 2.42. The molecule has 0 spiro atoms. The second-order valence-electron chi connectivity index (χ2n) is 6.32. The molecule has 1 aromatic heterocycles. The summed E-state index contributed by atoms with van der Waals surface area (Å²) in [5.74, 6) is 0.959. The van der Waals surface area contributed by atoms with Crippen LogP contribution < -0.4 is 5.73 Å². The first-order valence-electron chi connectivity index (χ1n) is 6.71. The van der Waals surface area contributed by atoms with E-state index >= 15 is 0 Å². The molecule has 0 aliphatic rings. The molecule has 1 aromatic carbocycles. The summed E-state index contributed by atoms with van der Waals surface area (Å²) >= 11 is 12.3. The highest BCUT2D eigenvalue weighted by Gasteiger charge is 2.23. The number of nitrogens with zero attached hydrogens (tertiary/aromatic N) is 4. The van der Waals surface area contributed by atoms with Crippen molar-refractivity contribution in [2.45, 2.75) is 34.2 Å². The quantitative estimate of drug-likeness (QED) is 0.867. The predicted molar refractivity (Wildman–Crippen MR) is 86.3 cm³/mol. The average Bonchev–Trinajstić information content (AvgIpc) is 2.80. The molecule has 2 N–H and O–H groups in total. The number of halogens is 2. The Hall–Kier alpha value is -1.33. The van der Waals surface area contributed by atoms with Crippen molar-refractivity contribution in [3.05, 3.63) is 22.2 Å². The van der Waals surface area contributed by atoms with Crippen molar-refractivity contribution in [3.63, 3.8) is 0 Å². The predicted octanol–water partition coefficient (Wildman–Crippen LogP) is 3.91. The van der Waals surface area contributed by atoms with Crippen LogP contribution in [0.15, 0.2) is 12.1 Å². The highest BCUT2D eigenvalue weighted by molar-refractivity contribution is 6.43. The largest absolute Gasteiger partial charge is 0.399 e. The summed E-state index contributed by atoms with van der Waals surface area (Å²) < 4.78 is 1.74. The van der Waals surface area contributed by atoms with Crippen LogP contribution in [0.25, 0.3) is 11.4 Å². The third-order valence-electron chi connectivity index (χ3n) is 3.75. The van der Waals surface area contributed by atoms with Crippen LogP contribution in [0.1, 0.15) is 27.7 Å². The molecule has 0 aliphatic heterocycles. The van der Waals surface area contributed by atoms with E-state index < -0.39 is 0 Å². The van der Waals surface area contributed by atoms with Gasteiger partial charge in [0, 0.05) is 17.8 Å². The fraction of sp³-hybridized carbons (Fsp3) is 0.500. The molecule has 0 aliphatic carbocycles. The zero-order valence-electron chi connectivity index (χ0n) is 12.6. The number of anilines is 1. The van der Waals surface area contributed by atoms with E-state index in [9.17, 15) is 0 Å². The Labute approximate surface area is 134 Å². The van der Waals surface area contributed by atoms with E-state index in [1.807, 2.05) is 0 Å². The Morgan fingerprint density at radius 1 is 1.29 bits per heavy atom. The molecule has 21 heavy (non-hydrogen) atoms. The van der Waals surface area contributed by atoms with E-state index in [4.69, 9.17) is 28.9 Å². The lowest BCUT2D eigenvalue weighted by atomic mass is 9.82. The molecular formula is C14H19Cl2N5. The van der Waals surface area contributed by atoms with Gasteiger partial charge in [-0.1, -0.05) is 50.9 Å². The minimum atomic E-state index is 0.153. The summed E-state index contributed by atoms with van der Waals surface area (Å²) in [7, 11) is 0. The summed E-state index contributed by atoms with van der Waals surface area (Å²) in [6, 6.07) is 3.34. The number of hydrogen-bond acceptors (Lipinski definition) is 4. The van der Waals surface area contributed by atoms with Gasteiger partial charge in [-0.25, -0.2) is 4.68 Å². The number of tetrazole rings is 1. The smallest absolute Gasteiger partial charge is 0.183 e. The van der Waals surface area contributed by atoms with Gasteiger partial charge in [-0.2, -0.15) is 0 Å². The van der Waals surface area contributed by atoms with Gasteiger partial charge >= 0.3 is 0 Å². The maximum absolute atomic E-state index is 6.26. The Morgan fingerprint density at radius 2 is 1.95 bits per heavy atom. The van der Waals surface area contributed by atoms with Crippen molar-refractivity contribution in [1.29, 1.82) is 0 Å². The van der Waals surface area contributed by atoms with E-state index in [1.54, 1.807) is 16.8 Å². The van der Waals surface area contributed by atoms with Gasteiger partial charge in [0.25, 0.3) is 0 Å². The summed E-state index contributed by atoms with van der Waals surface area (Å²) in [6.07, 6.45) is 0. The van der Waals surface area contributed by atoms with Gasteiger partial charge in [0.15, 0.2) is 5.82 Å². The van der Waals surface area contributed by atoms with E-state index in [0.717, 1.165) is 0 Å². The summed E-state index contributed by atoms with van der Waals surface area (Å²) in [5, 5.41) is 12.7. The minimum Gasteiger partial charge on any atom is -0.399 e. The summed E-state index contributed by atoms with van der Waals surface area (Å²) in [4.78, 5) is 0. The van der Waals surface area contributed by atoms with E-state index in [-0.39, 0.29) is 5.41 Å². The molecule has 2 aromatic rings. The molecule has 114 valence electrons. The van der Waals surface area contributed by atoms with Gasteiger partial charge in [-0.15, -0.1) is 5.10 Å². The molecule has 7 heteroatoms. The van der Waals surface area contributed by atoms with Crippen LogP contribution in [0.5, 0.6) is 0 Å². The fourth-order valence-corrected chi connectivity index (χ4v) is 2.25. The van der Waals surface area contributed by atoms with Crippen molar-refractivity contribution >= 4 is 28.9 Å². The first kappa shape index (κ1) is 16.0. The van der Waals surface area contributed by atoms with E-state index in [1.165, 1.54) is 0 Å². The van der Waals surface area contributed by atoms with Crippen LogP contribution in [0, 0.1) is 11.3 Å². The fourth-order valence-electron chi connectivity index (χ4n) is 1.83. The van der Waals surface area contributed by atoms with Gasteiger partial charge < -0.3 is 5.73 Å². The second kappa shape index (κ2) is 5.81. The number of hydrogen-bond donors (Lipinski definition) is 1. The van der Waals surface area contributed by atoms with Gasteiger partial charge in [0.2, 0.25) is 0 Å². The number of benzene rings is 1. The zero-order chi connectivity index (χ0) is 15.8. The lowest BCUT2D eigenvalue weighted by molar-refractivity contribution is 0.225. The van der Waals surface area contributed by atoms with Crippen molar-refractivity contribution < 1.29 is 0 Å². The standard InChI is InChI=1S/C14H19Cl2N5/c1-8(14(2,3)4)7-21-13(18-19-20-21)10-5-9(17)6-11(15)12(10)16/h5-6,8H,7,17H2,1-4H3. The van der Waals surface area contributed by atoms with Crippen LogP contribution in [0.2, 0.25) is 10.0 Å². The molecule has 5 nitrogen and oxygen atoms in total. The molecule has 1 unspecified atom stereocenters. The van der Waals surface area contributed by atoms with Crippen molar-refractivity contribution in [2.24, 2.45) is 11.3 Å². The van der Waals surface area contributed by atoms with Crippen LogP contribution in [-0.4, -0.2) is 20.2 Å². The number of nitrogens with two attached hydrogens (primary N) is 1. The molecule has 0 bridgehead atoms. The minimum absolute atomic E-state index is 0.153. The molecule has 0 saturated carbocycles. The third kappa shape index (κ3) is 3.47. The number of aromatic nitrogens is 4. The Kier molecular flexibility index (Phi) is 4.44. The van der Waals surface area contributed by atoms with Crippen LogP contribution in [-0.2, 0) is 6.54 Å². The lowest BCUT2D eigenvalue weighted by Crippen LogP contribution is -2.23. The molecule has 0 radical (unpaired) electrons. The zero-order valence-corrected chi connectivity index (χ0v) is 14.1. The molecule has 1 heterocycles. The van der Waals surface area contributed by atoms with Crippen LogP contribution in [0.3, 0.4) is 0 Å². The van der Waals surface area contributed by atoms with E-state index in [2.05, 4.69) is 43.2 Å². The lowest BCUT2D eigenvalue weighted by Gasteiger charge is -2.27. The number of nitrogen functional groups attached to an aromatic ring is 1. The molecule has 1 atom stereocenters. The highest BCUT2D eigenvalue weighted by Crippen LogP contribution is 2.35. The van der Waals surface area contributed by atoms with Gasteiger partial charge in [-0.05, 0) is 33.9 Å². The number of rotatable bonds is 3. The summed E-state index contributed by atoms with van der Waals surface area (Å²) in [6.45, 7) is 9.41. The van der Waals surface area contributed by atoms with E-state index in [0.29, 0.717) is 39.6 Å². The first-order chi connectivity index (χ1) is 9.70. The first-order valence-corrected chi connectivity index (χ1v) is 7.46. The van der Waals surface area contributed by atoms with Crippen LogP contribution >= 0.6 is 23.2 Å². The SMILES string of the molecule is CC(Cn1nnnc1-c1cc(N)cc(Cl)c1Cl)C(C)(C)C. The topological polar surface area (TPSA) is 69.6 Å².